The summed E-state index contributed by atoms with van der Waals surface area (Å²) in [7, 11) is -3.81. The zero-order valence-corrected chi connectivity index (χ0v) is 18.1. The average Bonchev–Trinajstić information content (AvgIpc) is 3.03. The number of carbonyl (C=O) groups is 4. The highest BCUT2D eigenvalue weighted by molar-refractivity contribution is 7.92. The lowest BCUT2D eigenvalue weighted by molar-refractivity contribution is -0.132. The van der Waals surface area contributed by atoms with E-state index < -0.39 is 39.5 Å². The molecule has 0 aliphatic carbocycles. The van der Waals surface area contributed by atoms with Gasteiger partial charge in [-0.2, -0.15) is 0 Å². The molecule has 4 amide bonds. The summed E-state index contributed by atoms with van der Waals surface area (Å²) < 4.78 is 25.1. The van der Waals surface area contributed by atoms with E-state index in [2.05, 4.69) is 0 Å². The van der Waals surface area contributed by atoms with Crippen molar-refractivity contribution in [2.45, 2.75) is 17.9 Å². The van der Waals surface area contributed by atoms with E-state index in [9.17, 15) is 27.6 Å². The largest absolute Gasteiger partial charge is 0.337 e. The molecule has 0 N–H and O–H groups in total. The fourth-order valence-electron chi connectivity index (χ4n) is 3.87. The Morgan fingerprint density at radius 1 is 0.969 bits per heavy atom. The fourth-order valence-corrected chi connectivity index (χ4v) is 5.12. The lowest BCUT2D eigenvalue weighted by Gasteiger charge is -2.35. The van der Waals surface area contributed by atoms with Gasteiger partial charge in [-0.1, -0.05) is 18.2 Å². The van der Waals surface area contributed by atoms with Gasteiger partial charge in [-0.05, 0) is 43.3 Å². The molecule has 2 aromatic rings. The van der Waals surface area contributed by atoms with E-state index in [0.29, 0.717) is 11.3 Å². The van der Waals surface area contributed by atoms with E-state index in [1.54, 1.807) is 30.3 Å². The lowest BCUT2D eigenvalue weighted by Crippen LogP contribution is -2.55. The minimum atomic E-state index is -3.81. The van der Waals surface area contributed by atoms with Crippen molar-refractivity contribution < 1.29 is 27.6 Å². The molecular weight excluding hydrogens is 434 g/mol. The molecule has 2 heterocycles. The number of nitrogens with zero attached hydrogens (tertiary/aromatic N) is 3. The van der Waals surface area contributed by atoms with E-state index in [4.69, 9.17) is 0 Å². The van der Waals surface area contributed by atoms with E-state index in [1.807, 2.05) is 0 Å². The van der Waals surface area contributed by atoms with E-state index >= 15 is 0 Å². The van der Waals surface area contributed by atoms with Crippen LogP contribution in [0.5, 0.6) is 0 Å². The minimum absolute atomic E-state index is 0.0549. The third kappa shape index (κ3) is 3.89. The van der Waals surface area contributed by atoms with Crippen molar-refractivity contribution in [3.63, 3.8) is 0 Å². The predicted molar refractivity (Wildman–Crippen MR) is 115 cm³/mol. The molecule has 2 aliphatic rings. The first-order chi connectivity index (χ1) is 15.2. The van der Waals surface area contributed by atoms with E-state index in [-0.39, 0.29) is 30.3 Å². The molecule has 2 fully saturated rings. The second-order valence-corrected chi connectivity index (χ2v) is 9.67. The number of urea groups is 1. The van der Waals surface area contributed by atoms with Crippen LogP contribution in [0.1, 0.15) is 17.3 Å². The van der Waals surface area contributed by atoms with Crippen molar-refractivity contribution in [2.75, 3.05) is 30.3 Å². The molecular formula is C22H21N3O6S. The molecule has 0 unspecified atom stereocenters. The SMILES string of the molecule is CC(=O)c1ccc(N2C(=O)[C@@H]3CN(C(=O)CS(=O)(=O)c4ccccc4)CCN3C2=O)cc1. The highest BCUT2D eigenvalue weighted by atomic mass is 32.2. The van der Waals surface area contributed by atoms with Gasteiger partial charge in [-0.3, -0.25) is 14.4 Å². The Bertz CT molecular complexity index is 1190. The Morgan fingerprint density at radius 2 is 1.62 bits per heavy atom. The second kappa shape index (κ2) is 8.19. The summed E-state index contributed by atoms with van der Waals surface area (Å²) in [6, 6.07) is 12.5. The number of ketones is 1. The van der Waals surface area contributed by atoms with Crippen molar-refractivity contribution in [3.05, 3.63) is 60.2 Å². The van der Waals surface area contributed by atoms with Crippen molar-refractivity contribution >= 4 is 39.2 Å². The van der Waals surface area contributed by atoms with Crippen LogP contribution in [0.4, 0.5) is 10.5 Å². The standard InChI is InChI=1S/C22H21N3O6S/c1-15(26)16-7-9-17(10-8-16)25-21(28)19-13-23(11-12-24(19)22(25)29)20(27)14-32(30,31)18-5-3-2-4-6-18/h2-10,19H,11-14H2,1H3/t19-/m0/s1. The van der Waals surface area contributed by atoms with Gasteiger partial charge in [0.15, 0.2) is 15.6 Å². The molecule has 1 atom stereocenters. The summed E-state index contributed by atoms with van der Waals surface area (Å²) in [5.74, 6) is -1.94. The van der Waals surface area contributed by atoms with E-state index in [1.165, 1.54) is 41.0 Å². The maximum absolute atomic E-state index is 13.0. The number of imide groups is 1. The number of hydrogen-bond acceptors (Lipinski definition) is 6. The maximum Gasteiger partial charge on any atom is 0.332 e. The van der Waals surface area contributed by atoms with Crippen LogP contribution in [0.15, 0.2) is 59.5 Å². The number of rotatable bonds is 5. The van der Waals surface area contributed by atoms with Crippen LogP contribution in [0.25, 0.3) is 0 Å². The zero-order valence-electron chi connectivity index (χ0n) is 17.3. The second-order valence-electron chi connectivity index (χ2n) is 7.68. The number of Topliss-reactive ketones (excluding diaryl/α,β-unsaturated/α-hetero) is 1. The quantitative estimate of drug-likeness (QED) is 0.497. The summed E-state index contributed by atoms with van der Waals surface area (Å²) in [5, 5.41) is 0. The highest BCUT2D eigenvalue weighted by Crippen LogP contribution is 2.28. The van der Waals surface area contributed by atoms with Gasteiger partial charge >= 0.3 is 6.03 Å². The number of amides is 4. The lowest BCUT2D eigenvalue weighted by atomic mass is 10.1. The number of carbonyl (C=O) groups excluding carboxylic acids is 4. The Morgan fingerprint density at radius 3 is 2.25 bits per heavy atom. The Labute approximate surface area is 185 Å². The van der Waals surface area contributed by atoms with Crippen LogP contribution < -0.4 is 4.90 Å². The molecule has 0 bridgehead atoms. The van der Waals surface area contributed by atoms with Crippen LogP contribution >= 0.6 is 0 Å². The molecule has 9 nitrogen and oxygen atoms in total. The first-order valence-corrected chi connectivity index (χ1v) is 11.7. The number of piperazine rings is 1. The van der Waals surface area contributed by atoms with Gasteiger partial charge in [-0.15, -0.1) is 0 Å². The van der Waals surface area contributed by atoms with Crippen LogP contribution in [-0.2, 0) is 19.4 Å². The van der Waals surface area contributed by atoms with Crippen LogP contribution in [0, 0.1) is 0 Å². The summed E-state index contributed by atoms with van der Waals surface area (Å²) in [5.41, 5.74) is 0.797. The third-order valence-electron chi connectivity index (χ3n) is 5.62. The maximum atomic E-state index is 13.0. The van der Waals surface area contributed by atoms with Crippen molar-refractivity contribution in [3.8, 4) is 0 Å². The molecule has 0 saturated carbocycles. The number of fused-ring (bicyclic) bond motifs is 1. The molecule has 0 radical (unpaired) electrons. The molecule has 32 heavy (non-hydrogen) atoms. The van der Waals surface area contributed by atoms with Crippen molar-refractivity contribution in [1.82, 2.24) is 9.80 Å². The number of benzene rings is 2. The predicted octanol–water partition coefficient (Wildman–Crippen LogP) is 1.34. The molecule has 10 heteroatoms. The summed E-state index contributed by atoms with van der Waals surface area (Å²) >= 11 is 0. The number of sulfone groups is 1. The molecule has 2 aromatic carbocycles. The van der Waals surface area contributed by atoms with Gasteiger partial charge in [0.25, 0.3) is 5.91 Å². The molecule has 4 rings (SSSR count). The molecule has 166 valence electrons. The van der Waals surface area contributed by atoms with E-state index in [0.717, 1.165) is 4.90 Å². The normalized spacial score (nSPS) is 18.7. The Balaban J connectivity index is 1.49. The summed E-state index contributed by atoms with van der Waals surface area (Å²) in [6.07, 6.45) is 0. The number of hydrogen-bond donors (Lipinski definition) is 0. The van der Waals surface area contributed by atoms with Gasteiger partial charge in [0.2, 0.25) is 5.91 Å². The van der Waals surface area contributed by atoms with Crippen molar-refractivity contribution in [2.24, 2.45) is 0 Å². The fraction of sp³-hybridized carbons (Fsp3) is 0.273. The third-order valence-corrected chi connectivity index (χ3v) is 7.24. The molecule has 0 aromatic heterocycles. The minimum Gasteiger partial charge on any atom is -0.337 e. The topological polar surface area (TPSA) is 112 Å². The van der Waals surface area contributed by atoms with Crippen LogP contribution in [0.2, 0.25) is 0 Å². The smallest absolute Gasteiger partial charge is 0.332 e. The first kappa shape index (κ1) is 21.7. The molecule has 2 aliphatic heterocycles. The first-order valence-electron chi connectivity index (χ1n) is 10.0. The van der Waals surface area contributed by atoms with Gasteiger partial charge in [0.1, 0.15) is 11.8 Å². The van der Waals surface area contributed by atoms with Gasteiger partial charge in [0.05, 0.1) is 17.1 Å². The van der Waals surface area contributed by atoms with Crippen LogP contribution in [-0.4, -0.2) is 73.3 Å². The van der Waals surface area contributed by atoms with Crippen LogP contribution in [0.3, 0.4) is 0 Å². The molecule has 2 saturated heterocycles. The Kier molecular flexibility index (Phi) is 5.55. The van der Waals surface area contributed by atoms with Gasteiger partial charge in [-0.25, -0.2) is 18.1 Å². The highest BCUT2D eigenvalue weighted by Gasteiger charge is 2.49. The average molecular weight is 455 g/mol. The molecule has 0 spiro atoms. The van der Waals surface area contributed by atoms with Gasteiger partial charge in [0, 0.05) is 18.7 Å². The monoisotopic (exact) mass is 455 g/mol. The summed E-state index contributed by atoms with van der Waals surface area (Å²) in [4.78, 5) is 53.8. The number of anilines is 1. The summed E-state index contributed by atoms with van der Waals surface area (Å²) in [6.45, 7) is 1.60. The zero-order chi connectivity index (χ0) is 23.0. The van der Waals surface area contributed by atoms with Crippen molar-refractivity contribution in [1.29, 1.82) is 0 Å². The Hall–Kier alpha value is -3.53. The van der Waals surface area contributed by atoms with Gasteiger partial charge < -0.3 is 9.80 Å².